The van der Waals surface area contributed by atoms with E-state index in [9.17, 15) is 4.79 Å². The molecule has 2 aromatic carbocycles. The second-order valence-corrected chi connectivity index (χ2v) is 7.76. The maximum Gasteiger partial charge on any atom is 0.257 e. The first-order valence-electron chi connectivity index (χ1n) is 10.0. The molecule has 2 aliphatic rings. The van der Waals surface area contributed by atoms with Gasteiger partial charge in [-0.05, 0) is 36.1 Å². The Morgan fingerprint density at radius 1 is 1.03 bits per heavy atom. The summed E-state index contributed by atoms with van der Waals surface area (Å²) in [6.07, 6.45) is 1.85. The molecule has 0 bridgehead atoms. The molecule has 7 heteroatoms. The van der Waals surface area contributed by atoms with Crippen LogP contribution in [0.25, 0.3) is 16.9 Å². The number of ether oxygens (including phenoxy) is 1. The van der Waals surface area contributed by atoms with Gasteiger partial charge in [0.05, 0.1) is 18.4 Å². The Bertz CT molecular complexity index is 1020. The van der Waals surface area contributed by atoms with E-state index in [1.165, 1.54) is 0 Å². The van der Waals surface area contributed by atoms with Crippen molar-refractivity contribution in [1.29, 1.82) is 0 Å². The lowest BCUT2D eigenvalue weighted by molar-refractivity contribution is 0.0782. The van der Waals surface area contributed by atoms with Crippen LogP contribution in [-0.4, -0.2) is 53.9 Å². The SMILES string of the molecule is COc1ccccc1-c1nn(-c2ccccc2)cc1C(=O)N1C[C@H]2CNC[C@H]2C1.Cl. The Hall–Kier alpha value is -2.83. The summed E-state index contributed by atoms with van der Waals surface area (Å²) in [5.74, 6) is 1.86. The van der Waals surface area contributed by atoms with Gasteiger partial charge in [0.25, 0.3) is 5.91 Å². The Kier molecular flexibility index (Phi) is 5.79. The molecule has 0 unspecified atom stereocenters. The van der Waals surface area contributed by atoms with Crippen LogP contribution in [0, 0.1) is 11.8 Å². The number of carbonyl (C=O) groups excluding carboxylic acids is 1. The van der Waals surface area contributed by atoms with Gasteiger partial charge in [0.15, 0.2) is 0 Å². The quantitative estimate of drug-likeness (QED) is 0.698. The number of halogens is 1. The van der Waals surface area contributed by atoms with Crippen molar-refractivity contribution in [3.05, 3.63) is 66.4 Å². The molecule has 0 spiro atoms. The first kappa shape index (κ1) is 20.4. The predicted molar refractivity (Wildman–Crippen MR) is 119 cm³/mol. The molecule has 3 heterocycles. The molecule has 3 aromatic rings. The van der Waals surface area contributed by atoms with E-state index in [2.05, 4.69) is 5.32 Å². The molecule has 0 radical (unpaired) electrons. The van der Waals surface area contributed by atoms with Gasteiger partial charge in [-0.15, -0.1) is 12.4 Å². The number of nitrogens with one attached hydrogen (secondary N) is 1. The van der Waals surface area contributed by atoms with Crippen LogP contribution >= 0.6 is 12.4 Å². The maximum atomic E-state index is 13.5. The largest absolute Gasteiger partial charge is 0.496 e. The Labute approximate surface area is 182 Å². The summed E-state index contributed by atoms with van der Waals surface area (Å²) in [6.45, 7) is 3.60. The Morgan fingerprint density at radius 3 is 2.40 bits per heavy atom. The minimum Gasteiger partial charge on any atom is -0.496 e. The normalized spacial score (nSPS) is 20.0. The molecule has 2 atom stereocenters. The molecule has 156 valence electrons. The minimum atomic E-state index is 0. The molecule has 2 fully saturated rings. The van der Waals surface area contributed by atoms with Crippen molar-refractivity contribution in [3.8, 4) is 22.7 Å². The fourth-order valence-electron chi connectivity index (χ4n) is 4.47. The lowest BCUT2D eigenvalue weighted by atomic mass is 10.0. The third-order valence-electron chi connectivity index (χ3n) is 6.00. The van der Waals surface area contributed by atoms with Crippen LogP contribution < -0.4 is 10.1 Å². The number of amides is 1. The molecule has 1 N–H and O–H groups in total. The van der Waals surface area contributed by atoms with E-state index in [1.807, 2.05) is 65.7 Å². The van der Waals surface area contributed by atoms with Crippen LogP contribution in [0.2, 0.25) is 0 Å². The zero-order valence-corrected chi connectivity index (χ0v) is 17.6. The van der Waals surface area contributed by atoms with Gasteiger partial charge in [0.1, 0.15) is 11.4 Å². The zero-order chi connectivity index (χ0) is 19.8. The third-order valence-corrected chi connectivity index (χ3v) is 6.00. The lowest BCUT2D eigenvalue weighted by Crippen LogP contribution is -2.32. The van der Waals surface area contributed by atoms with Crippen molar-refractivity contribution < 1.29 is 9.53 Å². The fourth-order valence-corrected chi connectivity index (χ4v) is 4.47. The molecule has 6 nitrogen and oxygen atoms in total. The highest BCUT2D eigenvalue weighted by atomic mass is 35.5. The van der Waals surface area contributed by atoms with Crippen LogP contribution in [0.5, 0.6) is 5.75 Å². The first-order chi connectivity index (χ1) is 14.2. The van der Waals surface area contributed by atoms with Crippen molar-refractivity contribution in [2.24, 2.45) is 11.8 Å². The number of fused-ring (bicyclic) bond motifs is 1. The van der Waals surface area contributed by atoms with Crippen molar-refractivity contribution in [1.82, 2.24) is 20.0 Å². The van der Waals surface area contributed by atoms with Crippen LogP contribution in [0.3, 0.4) is 0 Å². The molecular formula is C23H25ClN4O2. The smallest absolute Gasteiger partial charge is 0.257 e. The summed E-state index contributed by atoms with van der Waals surface area (Å²) in [7, 11) is 1.64. The second-order valence-electron chi connectivity index (χ2n) is 7.76. The van der Waals surface area contributed by atoms with Gasteiger partial charge in [-0.1, -0.05) is 30.3 Å². The summed E-state index contributed by atoms with van der Waals surface area (Å²) >= 11 is 0. The van der Waals surface area contributed by atoms with E-state index < -0.39 is 0 Å². The van der Waals surface area contributed by atoms with E-state index >= 15 is 0 Å². The summed E-state index contributed by atoms with van der Waals surface area (Å²) in [5.41, 5.74) is 3.03. The van der Waals surface area contributed by atoms with Crippen molar-refractivity contribution in [2.75, 3.05) is 33.3 Å². The number of para-hydroxylation sites is 2. The molecule has 0 aliphatic carbocycles. The number of aromatic nitrogens is 2. The number of likely N-dealkylation sites (tertiary alicyclic amines) is 1. The third kappa shape index (κ3) is 3.57. The van der Waals surface area contributed by atoms with E-state index in [0.29, 0.717) is 28.8 Å². The van der Waals surface area contributed by atoms with Crippen molar-refractivity contribution in [2.45, 2.75) is 0 Å². The number of rotatable bonds is 4. The standard InChI is InChI=1S/C23H24N4O2.ClH/c1-29-21-10-6-5-9-19(21)22-20(15-27(25-22)18-7-3-2-4-8-18)23(28)26-13-16-11-24-12-17(16)14-26;/h2-10,15-17,24H,11-14H2,1H3;1H/t16-,17+;. The molecule has 2 aliphatic heterocycles. The van der Waals surface area contributed by atoms with Gasteiger partial charge < -0.3 is 15.0 Å². The van der Waals surface area contributed by atoms with Crippen LogP contribution in [0.15, 0.2) is 60.8 Å². The molecule has 30 heavy (non-hydrogen) atoms. The van der Waals surface area contributed by atoms with Gasteiger partial charge in [-0.25, -0.2) is 4.68 Å². The molecule has 5 rings (SSSR count). The van der Waals surface area contributed by atoms with E-state index in [1.54, 1.807) is 11.8 Å². The van der Waals surface area contributed by atoms with Crippen LogP contribution in [0.1, 0.15) is 10.4 Å². The zero-order valence-electron chi connectivity index (χ0n) is 16.8. The molecule has 2 saturated heterocycles. The first-order valence-corrected chi connectivity index (χ1v) is 10.0. The van der Waals surface area contributed by atoms with Crippen LogP contribution in [-0.2, 0) is 0 Å². The lowest BCUT2D eigenvalue weighted by Gasteiger charge is -2.17. The minimum absolute atomic E-state index is 0. The highest BCUT2D eigenvalue weighted by Gasteiger charge is 2.39. The number of carbonyl (C=O) groups is 1. The molecule has 0 saturated carbocycles. The average molecular weight is 425 g/mol. The molecule has 1 aromatic heterocycles. The van der Waals surface area contributed by atoms with Gasteiger partial charge in [0, 0.05) is 37.9 Å². The summed E-state index contributed by atoms with van der Waals surface area (Å²) in [4.78, 5) is 15.5. The van der Waals surface area contributed by atoms with Gasteiger partial charge in [-0.3, -0.25) is 4.79 Å². The summed E-state index contributed by atoms with van der Waals surface area (Å²) in [5, 5.41) is 8.23. The van der Waals surface area contributed by atoms with Gasteiger partial charge in [0.2, 0.25) is 0 Å². The topological polar surface area (TPSA) is 59.4 Å². The molecule has 1 amide bonds. The summed E-state index contributed by atoms with van der Waals surface area (Å²) in [6, 6.07) is 17.6. The number of methoxy groups -OCH3 is 1. The Balaban J connectivity index is 0.00000218. The van der Waals surface area contributed by atoms with E-state index in [0.717, 1.165) is 37.4 Å². The highest BCUT2D eigenvalue weighted by Crippen LogP contribution is 2.34. The van der Waals surface area contributed by atoms with Gasteiger partial charge >= 0.3 is 0 Å². The fraction of sp³-hybridized carbons (Fsp3) is 0.304. The van der Waals surface area contributed by atoms with Crippen molar-refractivity contribution in [3.63, 3.8) is 0 Å². The average Bonchev–Trinajstić information content (AvgIpc) is 3.48. The number of hydrogen-bond donors (Lipinski definition) is 1. The summed E-state index contributed by atoms with van der Waals surface area (Å²) < 4.78 is 7.34. The Morgan fingerprint density at radius 2 is 1.70 bits per heavy atom. The maximum absolute atomic E-state index is 13.5. The highest BCUT2D eigenvalue weighted by molar-refractivity contribution is 6.00. The second kappa shape index (κ2) is 8.50. The van der Waals surface area contributed by atoms with Gasteiger partial charge in [-0.2, -0.15) is 5.10 Å². The van der Waals surface area contributed by atoms with E-state index in [4.69, 9.17) is 9.84 Å². The predicted octanol–water partition coefficient (Wildman–Crippen LogP) is 3.26. The number of benzene rings is 2. The van der Waals surface area contributed by atoms with Crippen LogP contribution in [0.4, 0.5) is 0 Å². The molecular weight excluding hydrogens is 400 g/mol. The monoisotopic (exact) mass is 424 g/mol. The number of hydrogen-bond acceptors (Lipinski definition) is 4. The van der Waals surface area contributed by atoms with E-state index in [-0.39, 0.29) is 18.3 Å². The van der Waals surface area contributed by atoms with Crippen molar-refractivity contribution >= 4 is 18.3 Å². The number of nitrogens with zero attached hydrogens (tertiary/aromatic N) is 3.